The zero-order valence-electron chi connectivity index (χ0n) is 19.5. The number of phenolic OH excluding ortho intramolecular Hbond substituents is 1. The van der Waals surface area contributed by atoms with E-state index in [1.165, 1.54) is 24.9 Å². The number of fused-ring (bicyclic) bond motifs is 1. The summed E-state index contributed by atoms with van der Waals surface area (Å²) in [4.78, 5) is 31.6. The highest BCUT2D eigenvalue weighted by Crippen LogP contribution is 2.36. The van der Waals surface area contributed by atoms with Crippen LogP contribution in [-0.4, -0.2) is 36.5 Å². The van der Waals surface area contributed by atoms with Gasteiger partial charge >= 0.3 is 5.97 Å². The molecule has 2 heterocycles. The third kappa shape index (κ3) is 4.56. The minimum Gasteiger partial charge on any atom is -0.507 e. The normalized spacial score (nSPS) is 15.5. The second-order valence-corrected chi connectivity index (χ2v) is 9.07. The number of carbonyl (C=O) groups excluding carboxylic acids is 1. The summed E-state index contributed by atoms with van der Waals surface area (Å²) in [5, 5.41) is 10.7. The monoisotopic (exact) mass is 514 g/mol. The molecule has 0 radical (unpaired) electrons. The van der Waals surface area contributed by atoms with Crippen molar-refractivity contribution >= 4 is 35.0 Å². The van der Waals surface area contributed by atoms with Crippen LogP contribution >= 0.6 is 22.9 Å². The minimum absolute atomic E-state index is 0.0138. The van der Waals surface area contributed by atoms with Crippen LogP contribution in [0.1, 0.15) is 31.0 Å². The molecule has 3 aromatic rings. The molecule has 0 saturated carbocycles. The first-order valence-electron chi connectivity index (χ1n) is 10.7. The van der Waals surface area contributed by atoms with E-state index in [9.17, 15) is 14.7 Å². The number of rotatable bonds is 6. The number of phenols is 1. The van der Waals surface area contributed by atoms with E-state index >= 15 is 0 Å². The summed E-state index contributed by atoms with van der Waals surface area (Å²) in [6, 6.07) is 8.98. The first-order valence-corrected chi connectivity index (χ1v) is 11.9. The molecule has 182 valence electrons. The molecule has 0 unspecified atom stereocenters. The lowest BCUT2D eigenvalue weighted by atomic mass is 9.95. The zero-order valence-corrected chi connectivity index (χ0v) is 21.1. The van der Waals surface area contributed by atoms with Crippen LogP contribution in [0, 0.1) is 0 Å². The van der Waals surface area contributed by atoms with Crippen molar-refractivity contribution < 1.29 is 24.1 Å². The Kier molecular flexibility index (Phi) is 7.00. The Morgan fingerprint density at radius 1 is 1.20 bits per heavy atom. The van der Waals surface area contributed by atoms with Gasteiger partial charge in [0, 0.05) is 10.6 Å². The van der Waals surface area contributed by atoms with Gasteiger partial charge < -0.3 is 19.3 Å². The highest BCUT2D eigenvalue weighted by atomic mass is 35.5. The van der Waals surface area contributed by atoms with Gasteiger partial charge in [0.05, 0.1) is 42.7 Å². The zero-order chi connectivity index (χ0) is 25.3. The molecule has 10 heteroatoms. The van der Waals surface area contributed by atoms with Crippen LogP contribution in [0.2, 0.25) is 5.02 Å². The van der Waals surface area contributed by atoms with Crippen molar-refractivity contribution in [2.75, 3.05) is 20.8 Å². The summed E-state index contributed by atoms with van der Waals surface area (Å²) in [5.41, 5.74) is 1.34. The number of allylic oxidation sites excluding steroid dienone is 1. The number of hydrogen-bond donors (Lipinski definition) is 1. The number of esters is 1. The fraction of sp³-hybridized carbons (Fsp3) is 0.240. The predicted molar refractivity (Wildman–Crippen MR) is 133 cm³/mol. The highest BCUT2D eigenvalue weighted by Gasteiger charge is 2.34. The first kappa shape index (κ1) is 24.6. The molecule has 0 spiro atoms. The molecule has 35 heavy (non-hydrogen) atoms. The average Bonchev–Trinajstić information content (AvgIpc) is 3.14. The second-order valence-electron chi connectivity index (χ2n) is 7.62. The number of benzene rings is 2. The number of methoxy groups -OCH3 is 2. The number of aromatic hydroxyl groups is 1. The van der Waals surface area contributed by atoms with Crippen LogP contribution in [-0.2, 0) is 9.53 Å². The van der Waals surface area contributed by atoms with E-state index in [0.717, 1.165) is 11.3 Å². The summed E-state index contributed by atoms with van der Waals surface area (Å²) in [6.07, 6.45) is 1.56. The third-order valence-electron chi connectivity index (χ3n) is 5.52. The molecule has 1 N–H and O–H groups in total. The largest absolute Gasteiger partial charge is 0.507 e. The molecule has 4 rings (SSSR count). The van der Waals surface area contributed by atoms with E-state index < -0.39 is 12.0 Å². The van der Waals surface area contributed by atoms with E-state index in [1.807, 2.05) is 0 Å². The molecular formula is C25H23ClN2O6S. The molecular weight excluding hydrogens is 492 g/mol. The van der Waals surface area contributed by atoms with Crippen LogP contribution < -0.4 is 24.4 Å². The van der Waals surface area contributed by atoms with Gasteiger partial charge in [-0.15, -0.1) is 0 Å². The molecule has 0 aliphatic carbocycles. The van der Waals surface area contributed by atoms with Crippen molar-refractivity contribution in [3.8, 4) is 17.2 Å². The van der Waals surface area contributed by atoms with Gasteiger partial charge in [0.25, 0.3) is 5.56 Å². The minimum atomic E-state index is -0.805. The van der Waals surface area contributed by atoms with Gasteiger partial charge in [-0.25, -0.2) is 9.79 Å². The van der Waals surface area contributed by atoms with E-state index in [1.54, 1.807) is 50.3 Å². The smallest absolute Gasteiger partial charge is 0.338 e. The summed E-state index contributed by atoms with van der Waals surface area (Å²) in [5.74, 6) is 0.391. The molecule has 0 bridgehead atoms. The maximum atomic E-state index is 13.6. The lowest BCUT2D eigenvalue weighted by Gasteiger charge is -2.25. The van der Waals surface area contributed by atoms with Crippen molar-refractivity contribution in [2.24, 2.45) is 4.99 Å². The van der Waals surface area contributed by atoms with Crippen LogP contribution in [0.3, 0.4) is 0 Å². The quantitative estimate of drug-likeness (QED) is 0.507. The number of ether oxygens (including phenoxy) is 3. The van der Waals surface area contributed by atoms with E-state index in [0.29, 0.717) is 42.7 Å². The summed E-state index contributed by atoms with van der Waals surface area (Å²) >= 11 is 7.22. The molecule has 2 aromatic carbocycles. The molecule has 1 atom stereocenters. The van der Waals surface area contributed by atoms with Crippen LogP contribution in [0.15, 0.2) is 57.5 Å². The molecule has 1 aromatic heterocycles. The maximum Gasteiger partial charge on any atom is 0.338 e. The molecule has 1 aliphatic rings. The van der Waals surface area contributed by atoms with Crippen LogP contribution in [0.4, 0.5) is 0 Å². The van der Waals surface area contributed by atoms with Crippen LogP contribution in [0.25, 0.3) is 6.08 Å². The first-order chi connectivity index (χ1) is 16.8. The second kappa shape index (κ2) is 9.97. The predicted octanol–water partition coefficient (Wildman–Crippen LogP) is 3.17. The lowest BCUT2D eigenvalue weighted by molar-refractivity contribution is -0.139. The summed E-state index contributed by atoms with van der Waals surface area (Å²) in [7, 11) is 3.04. The summed E-state index contributed by atoms with van der Waals surface area (Å²) in [6.45, 7) is 3.60. The van der Waals surface area contributed by atoms with Crippen LogP contribution in [0.5, 0.6) is 17.2 Å². The number of nitrogens with zero attached hydrogens (tertiary/aromatic N) is 2. The maximum absolute atomic E-state index is 13.6. The van der Waals surface area contributed by atoms with Gasteiger partial charge in [-0.1, -0.05) is 29.0 Å². The molecule has 0 amide bonds. The van der Waals surface area contributed by atoms with Gasteiger partial charge in [-0.2, -0.15) is 0 Å². The number of aromatic nitrogens is 1. The van der Waals surface area contributed by atoms with Crippen molar-refractivity contribution in [3.63, 3.8) is 0 Å². The third-order valence-corrected chi connectivity index (χ3v) is 6.73. The van der Waals surface area contributed by atoms with Crippen molar-refractivity contribution in [1.82, 2.24) is 4.57 Å². The van der Waals surface area contributed by atoms with Crippen molar-refractivity contribution in [2.45, 2.75) is 19.9 Å². The lowest BCUT2D eigenvalue weighted by Crippen LogP contribution is -2.40. The number of carbonyl (C=O) groups is 1. The molecule has 1 aliphatic heterocycles. The van der Waals surface area contributed by atoms with E-state index in [-0.39, 0.29) is 23.5 Å². The van der Waals surface area contributed by atoms with E-state index in [4.69, 9.17) is 25.8 Å². The molecule has 8 nitrogen and oxygen atoms in total. The SMILES string of the molecule is CCOC(=O)C1=C(C)N=c2s/c(=C\c3cc(Cl)ccc3O)c(=O)n2[C@H]1c1ccc(OC)c(OC)c1. The van der Waals surface area contributed by atoms with Crippen molar-refractivity contribution in [1.29, 1.82) is 0 Å². The molecule has 0 fully saturated rings. The number of halogens is 1. The Hall–Kier alpha value is -3.56. The fourth-order valence-electron chi connectivity index (χ4n) is 3.91. The average molecular weight is 515 g/mol. The Balaban J connectivity index is 1.99. The standard InChI is InChI=1S/C25H23ClN2O6S/c1-5-34-24(31)21-13(2)27-25-28(22(21)14-6-9-18(32-3)19(11-14)33-4)23(30)20(35-25)12-15-10-16(26)7-8-17(15)29/h6-12,22,29H,5H2,1-4H3/b20-12-/t22-/m0/s1. The molecule has 0 saturated heterocycles. The fourth-order valence-corrected chi connectivity index (χ4v) is 5.13. The number of thiazole rings is 1. The van der Waals surface area contributed by atoms with Gasteiger partial charge in [-0.3, -0.25) is 9.36 Å². The Morgan fingerprint density at radius 2 is 1.94 bits per heavy atom. The van der Waals surface area contributed by atoms with Gasteiger partial charge in [0.15, 0.2) is 16.3 Å². The van der Waals surface area contributed by atoms with E-state index in [2.05, 4.69) is 4.99 Å². The topological polar surface area (TPSA) is 99.4 Å². The summed E-state index contributed by atoms with van der Waals surface area (Å²) < 4.78 is 17.9. The Bertz CT molecular complexity index is 1520. The van der Waals surface area contributed by atoms with Gasteiger partial charge in [0.1, 0.15) is 5.75 Å². The Morgan fingerprint density at radius 3 is 2.63 bits per heavy atom. The Labute approximate surface area is 210 Å². The van der Waals surface area contributed by atoms with Gasteiger partial charge in [-0.05, 0) is 55.8 Å². The van der Waals surface area contributed by atoms with Crippen molar-refractivity contribution in [3.05, 3.63) is 83.5 Å². The highest BCUT2D eigenvalue weighted by molar-refractivity contribution is 7.07. The van der Waals surface area contributed by atoms with Gasteiger partial charge in [0.2, 0.25) is 0 Å². The number of hydrogen-bond acceptors (Lipinski definition) is 8.